The fraction of sp³-hybridized carbons (Fsp3) is 0.381. The predicted molar refractivity (Wildman–Crippen MR) is 214 cm³/mol. The van der Waals surface area contributed by atoms with E-state index >= 15 is 0 Å². The summed E-state index contributed by atoms with van der Waals surface area (Å²) in [6, 6.07) is 14.9. The van der Waals surface area contributed by atoms with Crippen LogP contribution < -0.4 is 29.4 Å². The number of benzene rings is 3. The molecule has 4 aromatic heterocycles. The topological polar surface area (TPSA) is 74.5 Å². The van der Waals surface area contributed by atoms with Gasteiger partial charge in [0.1, 0.15) is 32.1 Å². The lowest BCUT2D eigenvalue weighted by Crippen LogP contribution is -2.26. The number of thiophene rings is 2. The SMILES string of the molecule is CCCCCCN(CCCCCC)c1ccc2c(=O)n3c(nc4c(-c5scc6c5OCCO6)ccc(-c5scc6c5OCCO6)c43)c3cccc1c23. The Kier molecular flexibility index (Phi) is 9.04. The minimum atomic E-state index is -0.0704. The van der Waals surface area contributed by atoms with Gasteiger partial charge in [-0.1, -0.05) is 82.7 Å². The second-order valence-electron chi connectivity index (χ2n) is 13.8. The van der Waals surface area contributed by atoms with Crippen LogP contribution in [0.3, 0.4) is 0 Å². The number of unbranched alkanes of at least 4 members (excludes halogenated alkanes) is 6. The van der Waals surface area contributed by atoms with Gasteiger partial charge in [0, 0.05) is 62.2 Å². The third-order valence-corrected chi connectivity index (χ3v) is 12.4. The molecule has 6 heterocycles. The lowest BCUT2D eigenvalue weighted by atomic mass is 9.99. The van der Waals surface area contributed by atoms with E-state index in [0.29, 0.717) is 37.5 Å². The zero-order valence-corrected chi connectivity index (χ0v) is 31.4. The minimum Gasteiger partial charge on any atom is -0.485 e. The summed E-state index contributed by atoms with van der Waals surface area (Å²) in [6.07, 6.45) is 9.72. The van der Waals surface area contributed by atoms with Gasteiger partial charge in [-0.25, -0.2) is 4.98 Å². The molecule has 0 spiro atoms. The van der Waals surface area contributed by atoms with E-state index in [2.05, 4.69) is 61.2 Å². The van der Waals surface area contributed by atoms with Gasteiger partial charge in [0.15, 0.2) is 23.0 Å². The molecule has 52 heavy (non-hydrogen) atoms. The fourth-order valence-corrected chi connectivity index (χ4v) is 9.90. The van der Waals surface area contributed by atoms with Crippen molar-refractivity contribution < 1.29 is 18.9 Å². The minimum absolute atomic E-state index is 0.0704. The molecule has 0 amide bonds. The molecule has 268 valence electrons. The van der Waals surface area contributed by atoms with Gasteiger partial charge in [0.05, 0.1) is 20.8 Å². The summed E-state index contributed by atoms with van der Waals surface area (Å²) in [6.45, 7) is 8.55. The van der Waals surface area contributed by atoms with E-state index in [9.17, 15) is 4.79 Å². The second kappa shape index (κ2) is 14.1. The van der Waals surface area contributed by atoms with Gasteiger partial charge in [-0.05, 0) is 25.0 Å². The first-order chi connectivity index (χ1) is 25.7. The highest BCUT2D eigenvalue weighted by Gasteiger charge is 2.29. The summed E-state index contributed by atoms with van der Waals surface area (Å²) in [4.78, 5) is 24.8. The average Bonchev–Trinajstić information content (AvgIpc) is 3.92. The molecule has 2 aliphatic rings. The molecule has 2 aliphatic heterocycles. The maximum atomic E-state index is 15.0. The number of hydrogen-bond acceptors (Lipinski definition) is 9. The molecule has 3 aromatic carbocycles. The van der Waals surface area contributed by atoms with Gasteiger partial charge in [-0.3, -0.25) is 9.20 Å². The fourth-order valence-electron chi connectivity index (χ4n) is 7.99. The van der Waals surface area contributed by atoms with E-state index in [1.165, 1.54) is 44.2 Å². The van der Waals surface area contributed by atoms with E-state index in [0.717, 1.165) is 97.0 Å². The number of nitrogens with zero attached hydrogens (tertiary/aromatic N) is 3. The number of ether oxygens (including phenoxy) is 4. The van der Waals surface area contributed by atoms with Gasteiger partial charge in [0.25, 0.3) is 5.56 Å². The van der Waals surface area contributed by atoms with Crippen LogP contribution in [0.5, 0.6) is 23.0 Å². The highest BCUT2D eigenvalue weighted by atomic mass is 32.1. The zero-order chi connectivity index (χ0) is 35.2. The number of hydrogen-bond donors (Lipinski definition) is 0. The predicted octanol–water partition coefficient (Wildman–Crippen LogP) is 10.6. The molecule has 8 nitrogen and oxygen atoms in total. The Balaban J connectivity index is 1.29. The number of aromatic nitrogens is 2. The normalized spacial score (nSPS) is 14.0. The monoisotopic (exact) mass is 733 g/mol. The van der Waals surface area contributed by atoms with Crippen LogP contribution in [-0.4, -0.2) is 48.9 Å². The maximum absolute atomic E-state index is 15.0. The van der Waals surface area contributed by atoms with E-state index < -0.39 is 0 Å². The lowest BCUT2D eigenvalue weighted by molar-refractivity contribution is 0.174. The van der Waals surface area contributed by atoms with Crippen molar-refractivity contribution in [3.8, 4) is 43.9 Å². The van der Waals surface area contributed by atoms with Crippen molar-refractivity contribution in [2.24, 2.45) is 0 Å². The summed E-state index contributed by atoms with van der Waals surface area (Å²) in [5, 5.41) is 7.77. The van der Waals surface area contributed by atoms with Crippen LogP contribution in [-0.2, 0) is 0 Å². The van der Waals surface area contributed by atoms with E-state index in [1.807, 2.05) is 15.2 Å². The first-order valence-electron chi connectivity index (χ1n) is 18.8. The van der Waals surface area contributed by atoms with Gasteiger partial charge < -0.3 is 23.8 Å². The van der Waals surface area contributed by atoms with Crippen molar-refractivity contribution >= 4 is 66.6 Å². The molecule has 0 fully saturated rings. The molecule has 0 N–H and O–H groups in total. The number of anilines is 1. The van der Waals surface area contributed by atoms with E-state index in [-0.39, 0.29) is 5.56 Å². The first kappa shape index (κ1) is 33.3. The van der Waals surface area contributed by atoms with Gasteiger partial charge in [0.2, 0.25) is 0 Å². The number of rotatable bonds is 13. The van der Waals surface area contributed by atoms with Crippen LogP contribution in [0.4, 0.5) is 5.69 Å². The second-order valence-corrected chi connectivity index (χ2v) is 15.6. The van der Waals surface area contributed by atoms with E-state index in [1.54, 1.807) is 22.7 Å². The summed E-state index contributed by atoms with van der Waals surface area (Å²) >= 11 is 3.15. The maximum Gasteiger partial charge on any atom is 0.264 e. The van der Waals surface area contributed by atoms with Crippen molar-refractivity contribution in [2.45, 2.75) is 65.2 Å². The molecule has 0 aliphatic carbocycles. The summed E-state index contributed by atoms with van der Waals surface area (Å²) < 4.78 is 26.1. The molecular formula is C42H43N3O5S2. The Labute approximate surface area is 310 Å². The third kappa shape index (κ3) is 5.53. The Morgan fingerprint density at radius 3 is 1.98 bits per heavy atom. The average molecular weight is 734 g/mol. The molecule has 0 unspecified atom stereocenters. The molecule has 0 saturated heterocycles. The number of fused-ring (bicyclic) bond motifs is 6. The van der Waals surface area contributed by atoms with Crippen molar-refractivity contribution in [2.75, 3.05) is 44.4 Å². The molecule has 0 radical (unpaired) electrons. The van der Waals surface area contributed by atoms with Crippen LogP contribution in [0, 0.1) is 0 Å². The lowest BCUT2D eigenvalue weighted by Gasteiger charge is -2.27. The highest BCUT2D eigenvalue weighted by molar-refractivity contribution is 7.15. The Bertz CT molecular complexity index is 2450. The summed E-state index contributed by atoms with van der Waals surface area (Å²) in [5.41, 5.74) is 5.10. The molecule has 10 heteroatoms. The van der Waals surface area contributed by atoms with Crippen LogP contribution >= 0.6 is 22.7 Å². The quantitative estimate of drug-likeness (QED) is 0.109. The van der Waals surface area contributed by atoms with Crippen LogP contribution in [0.2, 0.25) is 0 Å². The number of pyridine rings is 1. The largest absolute Gasteiger partial charge is 0.485 e. The summed E-state index contributed by atoms with van der Waals surface area (Å²) in [7, 11) is 0. The molecule has 7 aromatic rings. The van der Waals surface area contributed by atoms with E-state index in [4.69, 9.17) is 23.9 Å². The van der Waals surface area contributed by atoms with Crippen molar-refractivity contribution in [3.05, 3.63) is 63.6 Å². The zero-order valence-electron chi connectivity index (χ0n) is 29.8. The standard InChI is InChI=1S/C42H43N3O5S2/c1-3-5-7-9-18-44(19-10-8-6-4-2)31-17-16-28-34-26(31)12-11-13-27(34)41-43-35-29(39-37-32(24-51-39)47-20-22-49-37)14-15-30(36(35)45(41)42(28)46)40-38-33(25-52-40)48-21-23-50-38/h11-17,24-25H,3-10,18-23H2,1-2H3. The Hall–Kier alpha value is -4.54. The number of imidazole rings is 1. The Morgan fingerprint density at radius 2 is 1.31 bits per heavy atom. The summed E-state index contributed by atoms with van der Waals surface area (Å²) in [5.74, 6) is 2.95. The van der Waals surface area contributed by atoms with Crippen molar-refractivity contribution in [1.29, 1.82) is 0 Å². The van der Waals surface area contributed by atoms with Crippen LogP contribution in [0.15, 0.2) is 58.0 Å². The van der Waals surface area contributed by atoms with Crippen LogP contribution in [0.1, 0.15) is 65.2 Å². The van der Waals surface area contributed by atoms with Gasteiger partial charge in [-0.2, -0.15) is 0 Å². The molecular weight excluding hydrogens is 691 g/mol. The molecule has 0 atom stereocenters. The highest BCUT2D eigenvalue weighted by Crippen LogP contribution is 2.52. The van der Waals surface area contributed by atoms with Crippen LogP contribution in [0.25, 0.3) is 59.1 Å². The van der Waals surface area contributed by atoms with Crippen molar-refractivity contribution in [1.82, 2.24) is 9.38 Å². The molecule has 0 bridgehead atoms. The smallest absolute Gasteiger partial charge is 0.264 e. The van der Waals surface area contributed by atoms with Crippen molar-refractivity contribution in [3.63, 3.8) is 0 Å². The first-order valence-corrected chi connectivity index (χ1v) is 20.6. The Morgan fingerprint density at radius 1 is 0.692 bits per heavy atom. The van der Waals surface area contributed by atoms with Gasteiger partial charge in [-0.15, -0.1) is 22.7 Å². The molecule has 0 saturated carbocycles. The third-order valence-electron chi connectivity index (χ3n) is 10.5. The molecule has 9 rings (SSSR count). The van der Waals surface area contributed by atoms with Gasteiger partial charge >= 0.3 is 0 Å².